The summed E-state index contributed by atoms with van der Waals surface area (Å²) in [7, 11) is 0. The molecule has 0 saturated carbocycles. The van der Waals surface area contributed by atoms with E-state index in [1.807, 2.05) is 23.5 Å². The summed E-state index contributed by atoms with van der Waals surface area (Å²) in [6.45, 7) is 0. The summed E-state index contributed by atoms with van der Waals surface area (Å²) in [6, 6.07) is 36.5. The standard InChI is InChI=1S/C30H28S2/c1-31-29-17-21-7-3-9-23(15-21)26-12-6-14-28(20-26)30(32-2)18-22-8-4-10-24(16-22)25-11-5-13-27(29)19-25/h3-16,19-20,29-30H,17-18H2,1-2H3. The van der Waals surface area contributed by atoms with Crippen LogP contribution in [0.1, 0.15) is 32.8 Å². The number of thioether (sulfide) groups is 2. The van der Waals surface area contributed by atoms with Gasteiger partial charge in [-0.2, -0.15) is 23.5 Å². The lowest BCUT2D eigenvalue weighted by Crippen LogP contribution is -2.01. The van der Waals surface area contributed by atoms with Crippen molar-refractivity contribution in [2.45, 2.75) is 23.3 Å². The van der Waals surface area contributed by atoms with Gasteiger partial charge in [0.05, 0.1) is 0 Å². The molecule has 0 aromatic heterocycles. The maximum atomic E-state index is 2.39. The summed E-state index contributed by atoms with van der Waals surface area (Å²) in [4.78, 5) is 0. The van der Waals surface area contributed by atoms with E-state index in [-0.39, 0.29) is 0 Å². The molecule has 0 nitrogen and oxygen atoms in total. The van der Waals surface area contributed by atoms with Gasteiger partial charge in [-0.25, -0.2) is 0 Å². The molecule has 0 amide bonds. The molecule has 0 N–H and O–H groups in total. The van der Waals surface area contributed by atoms with Crippen molar-refractivity contribution in [3.8, 4) is 22.3 Å². The monoisotopic (exact) mass is 452 g/mol. The minimum absolute atomic E-state index is 0.438. The van der Waals surface area contributed by atoms with Crippen LogP contribution in [0.25, 0.3) is 22.3 Å². The molecule has 1 aliphatic carbocycles. The Morgan fingerprint density at radius 3 is 1.28 bits per heavy atom. The second-order valence-electron chi connectivity index (χ2n) is 8.51. The molecule has 5 rings (SSSR count). The summed E-state index contributed by atoms with van der Waals surface area (Å²) < 4.78 is 0. The average molecular weight is 453 g/mol. The largest absolute Gasteiger partial charge is 0.157 e. The van der Waals surface area contributed by atoms with Crippen molar-refractivity contribution in [1.29, 1.82) is 0 Å². The normalized spacial score (nSPS) is 17.7. The lowest BCUT2D eigenvalue weighted by atomic mass is 9.93. The maximum Gasteiger partial charge on any atom is 0.0335 e. The van der Waals surface area contributed by atoms with Gasteiger partial charge >= 0.3 is 0 Å². The first-order valence-corrected chi connectivity index (χ1v) is 13.8. The van der Waals surface area contributed by atoms with Crippen molar-refractivity contribution in [2.24, 2.45) is 0 Å². The van der Waals surface area contributed by atoms with E-state index in [1.165, 1.54) is 44.5 Å². The summed E-state index contributed by atoms with van der Waals surface area (Å²) in [6.07, 6.45) is 6.52. The van der Waals surface area contributed by atoms with E-state index in [2.05, 4.69) is 110 Å². The van der Waals surface area contributed by atoms with Gasteiger partial charge < -0.3 is 0 Å². The smallest absolute Gasteiger partial charge is 0.0335 e. The molecular formula is C30H28S2. The molecular weight excluding hydrogens is 424 g/mol. The van der Waals surface area contributed by atoms with Gasteiger partial charge in [0.1, 0.15) is 0 Å². The van der Waals surface area contributed by atoms with Crippen LogP contribution in [-0.4, -0.2) is 12.5 Å². The van der Waals surface area contributed by atoms with Crippen LogP contribution >= 0.6 is 23.5 Å². The zero-order valence-electron chi connectivity index (χ0n) is 18.6. The highest BCUT2D eigenvalue weighted by atomic mass is 32.2. The topological polar surface area (TPSA) is 0 Å². The number of hydrogen-bond acceptors (Lipinski definition) is 2. The molecule has 2 heteroatoms. The lowest BCUT2D eigenvalue weighted by molar-refractivity contribution is 0.931. The molecule has 0 aliphatic heterocycles. The Morgan fingerprint density at radius 2 is 0.875 bits per heavy atom. The van der Waals surface area contributed by atoms with Crippen LogP contribution in [0.5, 0.6) is 0 Å². The number of benzene rings is 4. The fourth-order valence-electron chi connectivity index (χ4n) is 4.70. The highest BCUT2D eigenvalue weighted by molar-refractivity contribution is 7.99. The number of hydrogen-bond donors (Lipinski definition) is 0. The van der Waals surface area contributed by atoms with Gasteiger partial charge in [-0.3, -0.25) is 0 Å². The predicted octanol–water partition coefficient (Wildman–Crippen LogP) is 8.63. The first kappa shape index (κ1) is 21.4. The Hall–Kier alpha value is -2.42. The van der Waals surface area contributed by atoms with E-state index >= 15 is 0 Å². The van der Waals surface area contributed by atoms with Crippen LogP contribution in [0.2, 0.25) is 0 Å². The third-order valence-electron chi connectivity index (χ3n) is 6.45. The molecule has 160 valence electrons. The lowest BCUT2D eigenvalue weighted by Gasteiger charge is -2.19. The van der Waals surface area contributed by atoms with E-state index in [1.54, 1.807) is 0 Å². The van der Waals surface area contributed by atoms with Crippen molar-refractivity contribution in [2.75, 3.05) is 12.5 Å². The quantitative estimate of drug-likeness (QED) is 0.298. The van der Waals surface area contributed by atoms with Crippen LogP contribution in [0.4, 0.5) is 0 Å². The second-order valence-corrected chi connectivity index (χ2v) is 10.6. The van der Waals surface area contributed by atoms with Crippen molar-refractivity contribution in [3.63, 3.8) is 0 Å². The first-order chi connectivity index (χ1) is 15.7. The first-order valence-electron chi connectivity index (χ1n) is 11.2. The van der Waals surface area contributed by atoms with Crippen LogP contribution in [0.15, 0.2) is 97.1 Å². The molecule has 2 unspecified atom stereocenters. The van der Waals surface area contributed by atoms with Gasteiger partial charge in [0.15, 0.2) is 0 Å². The predicted molar refractivity (Wildman–Crippen MR) is 144 cm³/mol. The minimum Gasteiger partial charge on any atom is -0.157 e. The van der Waals surface area contributed by atoms with Crippen molar-refractivity contribution in [1.82, 2.24) is 0 Å². The van der Waals surface area contributed by atoms with Crippen LogP contribution in [-0.2, 0) is 12.8 Å². The molecule has 4 aromatic rings. The highest BCUT2D eigenvalue weighted by Gasteiger charge is 2.16. The third-order valence-corrected chi connectivity index (χ3v) is 8.46. The SMILES string of the molecule is CSC1Cc2cccc(c2)-c2cccc(c2)C(SC)Cc2cccc(c2)-c2cccc1c2. The Labute approximate surface area is 200 Å². The summed E-state index contributed by atoms with van der Waals surface area (Å²) in [5.74, 6) is 0. The minimum atomic E-state index is 0.438. The highest BCUT2D eigenvalue weighted by Crippen LogP contribution is 2.37. The summed E-state index contributed by atoms with van der Waals surface area (Å²) >= 11 is 3.88. The summed E-state index contributed by atoms with van der Waals surface area (Å²) in [5.41, 5.74) is 10.8. The van der Waals surface area contributed by atoms with E-state index in [0.717, 1.165) is 12.8 Å². The fraction of sp³-hybridized carbons (Fsp3) is 0.200. The molecule has 2 atom stereocenters. The molecule has 8 bridgehead atoms. The Kier molecular flexibility index (Phi) is 6.43. The molecule has 0 radical (unpaired) electrons. The number of fused-ring (bicyclic) bond motifs is 10. The Balaban J connectivity index is 1.67. The van der Waals surface area contributed by atoms with E-state index in [0.29, 0.717) is 10.5 Å². The summed E-state index contributed by atoms with van der Waals surface area (Å²) in [5, 5.41) is 0.877. The molecule has 32 heavy (non-hydrogen) atoms. The van der Waals surface area contributed by atoms with Crippen LogP contribution in [0, 0.1) is 0 Å². The van der Waals surface area contributed by atoms with Gasteiger partial charge in [-0.05, 0) is 69.9 Å². The maximum absolute atomic E-state index is 2.39. The fourth-order valence-corrected chi connectivity index (χ4v) is 6.25. The second kappa shape index (κ2) is 9.60. The van der Waals surface area contributed by atoms with Crippen molar-refractivity contribution < 1.29 is 0 Å². The number of rotatable bonds is 2. The zero-order valence-corrected chi connectivity index (χ0v) is 20.3. The van der Waals surface area contributed by atoms with Gasteiger partial charge in [0.2, 0.25) is 0 Å². The molecule has 0 spiro atoms. The van der Waals surface area contributed by atoms with E-state index in [4.69, 9.17) is 0 Å². The molecule has 0 heterocycles. The van der Waals surface area contributed by atoms with Gasteiger partial charge in [0, 0.05) is 10.5 Å². The molecule has 4 aromatic carbocycles. The van der Waals surface area contributed by atoms with Crippen LogP contribution in [0.3, 0.4) is 0 Å². The molecule has 0 fully saturated rings. The van der Waals surface area contributed by atoms with Gasteiger partial charge in [0.25, 0.3) is 0 Å². The Morgan fingerprint density at radius 1 is 0.500 bits per heavy atom. The van der Waals surface area contributed by atoms with Crippen LogP contribution < -0.4 is 0 Å². The van der Waals surface area contributed by atoms with E-state index < -0.39 is 0 Å². The van der Waals surface area contributed by atoms with Gasteiger partial charge in [-0.1, -0.05) is 97.1 Å². The van der Waals surface area contributed by atoms with E-state index in [9.17, 15) is 0 Å². The Bertz CT molecular complexity index is 1130. The van der Waals surface area contributed by atoms with Gasteiger partial charge in [-0.15, -0.1) is 0 Å². The third kappa shape index (κ3) is 4.53. The average Bonchev–Trinajstić information content (AvgIpc) is 2.86. The van der Waals surface area contributed by atoms with Crippen molar-refractivity contribution >= 4 is 23.5 Å². The van der Waals surface area contributed by atoms with Crippen molar-refractivity contribution in [3.05, 3.63) is 119 Å². The molecule has 0 saturated heterocycles. The zero-order chi connectivity index (χ0) is 21.9. The molecule has 1 aliphatic rings.